The molecule has 0 unspecified atom stereocenters. The third-order valence-electron chi connectivity index (χ3n) is 4.79. The van der Waals surface area contributed by atoms with Crippen molar-refractivity contribution in [2.45, 2.75) is 51.6 Å². The van der Waals surface area contributed by atoms with Crippen LogP contribution in [0.2, 0.25) is 0 Å². The largest absolute Gasteiger partial charge is 0.449 e. The zero-order valence-corrected chi connectivity index (χ0v) is 12.4. The number of carbonyl (C=O) groups excluding carboxylic acids is 2. The molecule has 0 radical (unpaired) electrons. The normalized spacial score (nSPS) is 30.9. The summed E-state index contributed by atoms with van der Waals surface area (Å²) < 4.78 is 5.32. The molecular weight excluding hydrogens is 256 g/mol. The Labute approximate surface area is 120 Å². The van der Waals surface area contributed by atoms with E-state index in [1.807, 2.05) is 23.6 Å². The summed E-state index contributed by atoms with van der Waals surface area (Å²) in [4.78, 5) is 28.1. The molecule has 1 aliphatic carbocycles. The van der Waals surface area contributed by atoms with Gasteiger partial charge in [0.15, 0.2) is 0 Å². The van der Waals surface area contributed by atoms with E-state index in [9.17, 15) is 9.59 Å². The molecular formula is C15H24N2O3. The smallest absolute Gasteiger partial charge is 0.410 e. The average molecular weight is 280 g/mol. The molecule has 0 spiro atoms. The lowest BCUT2D eigenvalue weighted by Crippen LogP contribution is -2.54. The van der Waals surface area contributed by atoms with Crippen LogP contribution in [0.4, 0.5) is 4.79 Å². The molecule has 20 heavy (non-hydrogen) atoms. The lowest BCUT2D eigenvalue weighted by Gasteiger charge is -2.41. The van der Waals surface area contributed by atoms with Crippen LogP contribution in [0.3, 0.4) is 0 Å². The maximum absolute atomic E-state index is 12.2. The van der Waals surface area contributed by atoms with Gasteiger partial charge >= 0.3 is 6.09 Å². The first-order valence-corrected chi connectivity index (χ1v) is 7.82. The Morgan fingerprint density at radius 2 is 1.90 bits per heavy atom. The number of amides is 2. The minimum absolute atomic E-state index is 0.154. The van der Waals surface area contributed by atoms with Crippen LogP contribution in [0.25, 0.3) is 0 Å². The molecule has 3 fully saturated rings. The van der Waals surface area contributed by atoms with Gasteiger partial charge < -0.3 is 14.5 Å². The molecule has 1 saturated carbocycles. The Balaban J connectivity index is 1.70. The van der Waals surface area contributed by atoms with Gasteiger partial charge in [-0.15, -0.1) is 0 Å². The highest BCUT2D eigenvalue weighted by Crippen LogP contribution is 2.34. The van der Waals surface area contributed by atoms with E-state index in [-0.39, 0.29) is 24.1 Å². The molecule has 5 nitrogen and oxygen atoms in total. The summed E-state index contributed by atoms with van der Waals surface area (Å²) >= 11 is 0. The SMILES string of the molecule is CC(C)N1C(=O)OC[C@H]2CCN(C(=O)C3CC3)CC[C@@H]21. The Morgan fingerprint density at radius 3 is 2.55 bits per heavy atom. The van der Waals surface area contributed by atoms with Crippen LogP contribution in [0.1, 0.15) is 39.5 Å². The van der Waals surface area contributed by atoms with Crippen molar-refractivity contribution in [1.29, 1.82) is 0 Å². The second-order valence-electron chi connectivity index (χ2n) is 6.58. The Bertz CT molecular complexity index is 406. The first kappa shape index (κ1) is 13.7. The van der Waals surface area contributed by atoms with Gasteiger partial charge in [0.05, 0.1) is 6.61 Å². The van der Waals surface area contributed by atoms with Crippen molar-refractivity contribution in [2.24, 2.45) is 11.8 Å². The number of cyclic esters (lactones) is 1. The molecule has 0 N–H and O–H groups in total. The van der Waals surface area contributed by atoms with Gasteiger partial charge in [-0.3, -0.25) is 4.79 Å². The van der Waals surface area contributed by atoms with Crippen LogP contribution in [-0.2, 0) is 9.53 Å². The zero-order valence-electron chi connectivity index (χ0n) is 12.4. The summed E-state index contributed by atoms with van der Waals surface area (Å²) in [7, 11) is 0. The first-order valence-electron chi connectivity index (χ1n) is 7.82. The molecule has 2 amide bonds. The van der Waals surface area contributed by atoms with Crippen LogP contribution in [-0.4, -0.2) is 53.6 Å². The van der Waals surface area contributed by atoms with E-state index in [2.05, 4.69) is 0 Å². The summed E-state index contributed by atoms with van der Waals surface area (Å²) in [5.41, 5.74) is 0. The van der Waals surface area contributed by atoms with E-state index in [1.165, 1.54) is 0 Å². The van der Waals surface area contributed by atoms with E-state index in [0.29, 0.717) is 18.4 Å². The van der Waals surface area contributed by atoms with Gasteiger partial charge in [0.2, 0.25) is 5.91 Å². The van der Waals surface area contributed by atoms with E-state index < -0.39 is 0 Å². The molecule has 2 aliphatic heterocycles. The van der Waals surface area contributed by atoms with Crippen molar-refractivity contribution < 1.29 is 14.3 Å². The maximum Gasteiger partial charge on any atom is 0.410 e. The highest BCUT2D eigenvalue weighted by atomic mass is 16.6. The Morgan fingerprint density at radius 1 is 1.20 bits per heavy atom. The van der Waals surface area contributed by atoms with Crippen molar-refractivity contribution in [3.8, 4) is 0 Å². The van der Waals surface area contributed by atoms with Crippen LogP contribution in [0.15, 0.2) is 0 Å². The molecule has 3 aliphatic rings. The van der Waals surface area contributed by atoms with Gasteiger partial charge in [0.1, 0.15) is 0 Å². The predicted molar refractivity (Wildman–Crippen MR) is 74.1 cm³/mol. The predicted octanol–water partition coefficient (Wildman–Crippen LogP) is 1.86. The minimum atomic E-state index is -0.191. The molecule has 2 heterocycles. The van der Waals surface area contributed by atoms with Gasteiger partial charge in [-0.05, 0) is 39.5 Å². The number of hydrogen-bond donors (Lipinski definition) is 0. The highest BCUT2D eigenvalue weighted by molar-refractivity contribution is 5.81. The van der Waals surface area contributed by atoms with Crippen molar-refractivity contribution in [1.82, 2.24) is 9.80 Å². The Hall–Kier alpha value is -1.26. The fraction of sp³-hybridized carbons (Fsp3) is 0.867. The monoisotopic (exact) mass is 280 g/mol. The van der Waals surface area contributed by atoms with Gasteiger partial charge in [-0.25, -0.2) is 4.79 Å². The molecule has 0 aromatic heterocycles. The fourth-order valence-electron chi connectivity index (χ4n) is 3.50. The summed E-state index contributed by atoms with van der Waals surface area (Å²) in [6, 6.07) is 0.384. The van der Waals surface area contributed by atoms with Crippen molar-refractivity contribution in [2.75, 3.05) is 19.7 Å². The molecule has 5 heteroatoms. The first-order chi connectivity index (χ1) is 9.58. The van der Waals surface area contributed by atoms with Crippen LogP contribution in [0, 0.1) is 11.8 Å². The summed E-state index contributed by atoms with van der Waals surface area (Å²) in [5, 5.41) is 0. The topological polar surface area (TPSA) is 49.9 Å². The standard InChI is InChI=1S/C15H24N2O3/c1-10(2)17-13-6-8-16(14(18)11-3-4-11)7-5-12(13)9-20-15(17)19/h10-13H,3-9H2,1-2H3/t12-,13+/m1/s1. The third-order valence-corrected chi connectivity index (χ3v) is 4.79. The zero-order chi connectivity index (χ0) is 14.3. The molecule has 0 bridgehead atoms. The Kier molecular flexibility index (Phi) is 3.61. The molecule has 0 aromatic rings. The quantitative estimate of drug-likeness (QED) is 0.776. The summed E-state index contributed by atoms with van der Waals surface area (Å²) in [6.07, 6.45) is 3.75. The number of hydrogen-bond acceptors (Lipinski definition) is 3. The lowest BCUT2D eigenvalue weighted by molar-refractivity contribution is -0.132. The van der Waals surface area contributed by atoms with E-state index >= 15 is 0 Å². The molecule has 0 aromatic carbocycles. The lowest BCUT2D eigenvalue weighted by atomic mass is 9.92. The molecule has 3 rings (SSSR count). The van der Waals surface area contributed by atoms with Gasteiger partial charge in [-0.1, -0.05) is 0 Å². The molecule has 2 atom stereocenters. The van der Waals surface area contributed by atoms with Crippen molar-refractivity contribution in [3.63, 3.8) is 0 Å². The second kappa shape index (κ2) is 5.26. The minimum Gasteiger partial charge on any atom is -0.449 e. The van der Waals surface area contributed by atoms with Crippen LogP contribution in [0.5, 0.6) is 0 Å². The molecule has 2 saturated heterocycles. The number of fused-ring (bicyclic) bond motifs is 1. The summed E-state index contributed by atoms with van der Waals surface area (Å²) in [5.74, 6) is 0.980. The highest BCUT2D eigenvalue weighted by Gasteiger charge is 2.42. The van der Waals surface area contributed by atoms with Gasteiger partial charge in [-0.2, -0.15) is 0 Å². The number of nitrogens with zero attached hydrogens (tertiary/aromatic N) is 2. The number of ether oxygens (including phenoxy) is 1. The molecule has 112 valence electrons. The second-order valence-corrected chi connectivity index (χ2v) is 6.58. The number of carbonyl (C=O) groups is 2. The van der Waals surface area contributed by atoms with E-state index in [1.54, 1.807) is 0 Å². The van der Waals surface area contributed by atoms with Crippen molar-refractivity contribution >= 4 is 12.0 Å². The van der Waals surface area contributed by atoms with Gasteiger partial charge in [0, 0.05) is 37.0 Å². The van der Waals surface area contributed by atoms with Crippen LogP contribution >= 0.6 is 0 Å². The maximum atomic E-state index is 12.2. The van der Waals surface area contributed by atoms with Gasteiger partial charge in [0.25, 0.3) is 0 Å². The summed E-state index contributed by atoms with van der Waals surface area (Å²) in [6.45, 7) is 6.18. The number of likely N-dealkylation sites (tertiary alicyclic amines) is 1. The van der Waals surface area contributed by atoms with E-state index in [0.717, 1.165) is 38.8 Å². The van der Waals surface area contributed by atoms with Crippen LogP contribution < -0.4 is 0 Å². The number of rotatable bonds is 2. The van der Waals surface area contributed by atoms with Crippen molar-refractivity contribution in [3.05, 3.63) is 0 Å². The third kappa shape index (κ3) is 2.50. The van der Waals surface area contributed by atoms with E-state index in [4.69, 9.17) is 4.74 Å². The average Bonchev–Trinajstić information content (AvgIpc) is 3.24. The fourth-order valence-corrected chi connectivity index (χ4v) is 3.50.